The zero-order chi connectivity index (χ0) is 12.1. The number of ether oxygens (including phenoxy) is 1. The summed E-state index contributed by atoms with van der Waals surface area (Å²) in [6.07, 6.45) is 1.48. The lowest BCUT2D eigenvalue weighted by Crippen LogP contribution is -2.20. The molecule has 0 spiro atoms. The number of aromatic nitrogens is 2. The van der Waals surface area contributed by atoms with E-state index in [-0.39, 0.29) is 5.38 Å². The summed E-state index contributed by atoms with van der Waals surface area (Å²) in [4.78, 5) is 8.17. The molecule has 1 unspecified atom stereocenters. The van der Waals surface area contributed by atoms with Crippen molar-refractivity contribution in [3.8, 4) is 5.88 Å². The van der Waals surface area contributed by atoms with Crippen LogP contribution in [0.5, 0.6) is 5.88 Å². The van der Waals surface area contributed by atoms with E-state index in [2.05, 4.69) is 29.1 Å². The van der Waals surface area contributed by atoms with Crippen molar-refractivity contribution in [2.45, 2.75) is 26.1 Å². The standard InChI is InChI=1S/C11H18ClN3O/c1-7(2)9(12)5-13-10-8(3)11(16-4)15-6-14-10/h6-7,9H,5H2,1-4H3,(H,13,14,15). The van der Waals surface area contributed by atoms with E-state index in [1.807, 2.05) is 6.92 Å². The van der Waals surface area contributed by atoms with Gasteiger partial charge in [-0.1, -0.05) is 13.8 Å². The van der Waals surface area contributed by atoms with E-state index >= 15 is 0 Å². The molecule has 0 aromatic carbocycles. The van der Waals surface area contributed by atoms with Crippen molar-refractivity contribution in [2.24, 2.45) is 5.92 Å². The van der Waals surface area contributed by atoms with E-state index in [1.165, 1.54) is 6.33 Å². The van der Waals surface area contributed by atoms with Gasteiger partial charge in [0.15, 0.2) is 0 Å². The van der Waals surface area contributed by atoms with Crippen molar-refractivity contribution in [3.63, 3.8) is 0 Å². The van der Waals surface area contributed by atoms with Crippen LogP contribution in [-0.2, 0) is 0 Å². The monoisotopic (exact) mass is 243 g/mol. The molecule has 1 aromatic heterocycles. The third-order valence-corrected chi connectivity index (χ3v) is 3.08. The van der Waals surface area contributed by atoms with Crippen LogP contribution in [0.15, 0.2) is 6.33 Å². The molecule has 0 saturated carbocycles. The smallest absolute Gasteiger partial charge is 0.221 e. The fourth-order valence-corrected chi connectivity index (χ4v) is 1.33. The Morgan fingerprint density at radius 3 is 2.69 bits per heavy atom. The summed E-state index contributed by atoms with van der Waals surface area (Å²) in [5.74, 6) is 1.80. The van der Waals surface area contributed by atoms with Crippen molar-refractivity contribution < 1.29 is 4.74 Å². The van der Waals surface area contributed by atoms with Gasteiger partial charge in [-0.15, -0.1) is 11.6 Å². The highest BCUT2D eigenvalue weighted by atomic mass is 35.5. The predicted molar refractivity (Wildman–Crippen MR) is 66.3 cm³/mol. The third kappa shape index (κ3) is 3.23. The van der Waals surface area contributed by atoms with Gasteiger partial charge in [-0.3, -0.25) is 0 Å². The molecule has 0 aliphatic carbocycles. The fourth-order valence-electron chi connectivity index (χ4n) is 1.25. The molecule has 0 saturated heterocycles. The molecule has 0 radical (unpaired) electrons. The summed E-state index contributed by atoms with van der Waals surface area (Å²) < 4.78 is 5.12. The van der Waals surface area contributed by atoms with Gasteiger partial charge in [0, 0.05) is 6.54 Å². The molecule has 0 aliphatic rings. The van der Waals surface area contributed by atoms with Crippen molar-refractivity contribution in [1.29, 1.82) is 0 Å². The summed E-state index contributed by atoms with van der Waals surface area (Å²) in [6, 6.07) is 0. The van der Waals surface area contributed by atoms with E-state index in [0.29, 0.717) is 18.3 Å². The topological polar surface area (TPSA) is 47.0 Å². The second kappa shape index (κ2) is 5.89. The van der Waals surface area contributed by atoms with Crippen LogP contribution in [0.1, 0.15) is 19.4 Å². The van der Waals surface area contributed by atoms with E-state index in [0.717, 1.165) is 11.4 Å². The van der Waals surface area contributed by atoms with E-state index < -0.39 is 0 Å². The van der Waals surface area contributed by atoms with E-state index in [4.69, 9.17) is 16.3 Å². The van der Waals surface area contributed by atoms with Crippen LogP contribution in [0.4, 0.5) is 5.82 Å². The number of nitrogens with zero attached hydrogens (tertiary/aromatic N) is 2. The number of alkyl halides is 1. The molecule has 0 amide bonds. The Kier molecular flexibility index (Phi) is 4.80. The number of rotatable bonds is 5. The number of anilines is 1. The first-order valence-electron chi connectivity index (χ1n) is 5.29. The van der Waals surface area contributed by atoms with Gasteiger partial charge in [-0.2, -0.15) is 0 Å². The van der Waals surface area contributed by atoms with Gasteiger partial charge in [-0.05, 0) is 12.8 Å². The summed E-state index contributed by atoms with van der Waals surface area (Å²) in [5, 5.41) is 3.29. The maximum absolute atomic E-state index is 6.15. The van der Waals surface area contributed by atoms with Crippen LogP contribution in [0.3, 0.4) is 0 Å². The van der Waals surface area contributed by atoms with E-state index in [1.54, 1.807) is 7.11 Å². The molecule has 0 aliphatic heterocycles. The van der Waals surface area contributed by atoms with Gasteiger partial charge in [0.05, 0.1) is 18.1 Å². The normalized spacial score (nSPS) is 12.6. The predicted octanol–water partition coefficient (Wildman–Crippen LogP) is 2.47. The molecule has 1 rings (SSSR count). The molecule has 16 heavy (non-hydrogen) atoms. The molecule has 1 atom stereocenters. The summed E-state index contributed by atoms with van der Waals surface area (Å²) >= 11 is 6.15. The van der Waals surface area contributed by atoms with Crippen LogP contribution in [0.25, 0.3) is 0 Å². The second-order valence-electron chi connectivity index (χ2n) is 4.00. The SMILES string of the molecule is COc1ncnc(NCC(Cl)C(C)C)c1C. The molecule has 4 nitrogen and oxygen atoms in total. The average Bonchev–Trinajstić information content (AvgIpc) is 2.27. The molecule has 1 aromatic rings. The lowest BCUT2D eigenvalue weighted by Gasteiger charge is -2.16. The van der Waals surface area contributed by atoms with Gasteiger partial charge in [0.1, 0.15) is 12.1 Å². The highest BCUT2D eigenvalue weighted by Gasteiger charge is 2.11. The zero-order valence-electron chi connectivity index (χ0n) is 10.1. The largest absolute Gasteiger partial charge is 0.481 e. The second-order valence-corrected chi connectivity index (χ2v) is 4.56. The summed E-state index contributed by atoms with van der Waals surface area (Å²) in [7, 11) is 1.59. The van der Waals surface area contributed by atoms with Crippen LogP contribution in [-0.4, -0.2) is 29.0 Å². The first-order chi connectivity index (χ1) is 7.56. The zero-order valence-corrected chi connectivity index (χ0v) is 10.9. The summed E-state index contributed by atoms with van der Waals surface area (Å²) in [5.41, 5.74) is 0.901. The average molecular weight is 244 g/mol. The Morgan fingerprint density at radius 1 is 1.44 bits per heavy atom. The number of methoxy groups -OCH3 is 1. The molecular formula is C11H18ClN3O. The number of halogens is 1. The molecule has 5 heteroatoms. The first kappa shape index (κ1) is 13.0. The lowest BCUT2D eigenvalue weighted by molar-refractivity contribution is 0.393. The van der Waals surface area contributed by atoms with Gasteiger partial charge < -0.3 is 10.1 Å². The Hall–Kier alpha value is -1.03. The minimum atomic E-state index is 0.0837. The van der Waals surface area contributed by atoms with Gasteiger partial charge >= 0.3 is 0 Å². The van der Waals surface area contributed by atoms with Crippen molar-refractivity contribution in [3.05, 3.63) is 11.9 Å². The molecule has 0 bridgehead atoms. The number of nitrogens with one attached hydrogen (secondary N) is 1. The van der Waals surface area contributed by atoms with Crippen molar-refractivity contribution >= 4 is 17.4 Å². The fraction of sp³-hybridized carbons (Fsp3) is 0.636. The number of hydrogen-bond acceptors (Lipinski definition) is 4. The van der Waals surface area contributed by atoms with Gasteiger partial charge in [-0.25, -0.2) is 9.97 Å². The van der Waals surface area contributed by atoms with Crippen LogP contribution in [0, 0.1) is 12.8 Å². The molecular weight excluding hydrogens is 226 g/mol. The van der Waals surface area contributed by atoms with Crippen LogP contribution in [0.2, 0.25) is 0 Å². The maximum Gasteiger partial charge on any atom is 0.221 e. The summed E-state index contributed by atoms with van der Waals surface area (Å²) in [6.45, 7) is 6.78. The first-order valence-corrected chi connectivity index (χ1v) is 5.73. The quantitative estimate of drug-likeness (QED) is 0.808. The lowest BCUT2D eigenvalue weighted by atomic mass is 10.1. The minimum absolute atomic E-state index is 0.0837. The minimum Gasteiger partial charge on any atom is -0.481 e. The third-order valence-electron chi connectivity index (χ3n) is 2.42. The Morgan fingerprint density at radius 2 is 2.12 bits per heavy atom. The maximum atomic E-state index is 6.15. The van der Waals surface area contributed by atoms with Crippen LogP contribution >= 0.6 is 11.6 Å². The Labute approximate surface area is 101 Å². The van der Waals surface area contributed by atoms with Gasteiger partial charge in [0.25, 0.3) is 0 Å². The van der Waals surface area contributed by atoms with E-state index in [9.17, 15) is 0 Å². The Balaban J connectivity index is 2.67. The highest BCUT2D eigenvalue weighted by Crippen LogP contribution is 2.20. The highest BCUT2D eigenvalue weighted by molar-refractivity contribution is 6.21. The molecule has 1 heterocycles. The molecule has 1 N–H and O–H groups in total. The van der Waals surface area contributed by atoms with Crippen molar-refractivity contribution in [1.82, 2.24) is 9.97 Å². The van der Waals surface area contributed by atoms with Crippen molar-refractivity contribution in [2.75, 3.05) is 19.0 Å². The molecule has 90 valence electrons. The van der Waals surface area contributed by atoms with Crippen LogP contribution < -0.4 is 10.1 Å². The number of hydrogen-bond donors (Lipinski definition) is 1. The Bertz CT molecular complexity index is 344. The molecule has 0 fully saturated rings. The van der Waals surface area contributed by atoms with Gasteiger partial charge in [0.2, 0.25) is 5.88 Å².